The highest BCUT2D eigenvalue weighted by atomic mass is 32.1. The van der Waals surface area contributed by atoms with Crippen molar-refractivity contribution in [1.82, 2.24) is 0 Å². The van der Waals surface area contributed by atoms with Crippen LogP contribution < -0.4 is 10.6 Å². The van der Waals surface area contributed by atoms with Crippen molar-refractivity contribution in [2.45, 2.75) is 20.4 Å². The number of carbonyl (C=O) groups is 1. The number of fused-ring (bicyclic) bond motifs is 1. The van der Waals surface area contributed by atoms with Gasteiger partial charge in [-0.2, -0.15) is 0 Å². The Hall–Kier alpha value is -2.53. The smallest absolute Gasteiger partial charge is 0.411 e. The number of rotatable bonds is 5. The van der Waals surface area contributed by atoms with E-state index in [-0.39, 0.29) is 0 Å². The van der Waals surface area contributed by atoms with Gasteiger partial charge in [-0.3, -0.25) is 5.32 Å². The van der Waals surface area contributed by atoms with E-state index < -0.39 is 6.09 Å². The lowest BCUT2D eigenvalue weighted by molar-refractivity contribution is 0.168. The van der Waals surface area contributed by atoms with Crippen LogP contribution in [-0.2, 0) is 11.3 Å². The normalized spacial score (nSPS) is 10.6. The third kappa shape index (κ3) is 3.86. The molecule has 24 heavy (non-hydrogen) atoms. The molecule has 2 N–H and O–H groups in total. The first-order valence-electron chi connectivity index (χ1n) is 7.91. The fourth-order valence-electron chi connectivity index (χ4n) is 2.50. The summed E-state index contributed by atoms with van der Waals surface area (Å²) in [5.41, 5.74) is 2.78. The summed E-state index contributed by atoms with van der Waals surface area (Å²) in [4.78, 5) is 12.8. The van der Waals surface area contributed by atoms with Crippen molar-refractivity contribution in [2.75, 3.05) is 17.2 Å². The number of ether oxygens (including phenoxy) is 1. The van der Waals surface area contributed by atoms with Gasteiger partial charge in [-0.15, -0.1) is 11.3 Å². The Bertz CT molecular complexity index is 824. The molecule has 4 nitrogen and oxygen atoms in total. The van der Waals surface area contributed by atoms with E-state index in [4.69, 9.17) is 4.74 Å². The van der Waals surface area contributed by atoms with E-state index in [0.29, 0.717) is 6.61 Å². The number of thiophene rings is 1. The maximum absolute atomic E-state index is 11.5. The molecule has 0 saturated carbocycles. The van der Waals surface area contributed by atoms with Crippen molar-refractivity contribution < 1.29 is 9.53 Å². The van der Waals surface area contributed by atoms with Crippen molar-refractivity contribution in [2.24, 2.45) is 0 Å². The highest BCUT2D eigenvalue weighted by molar-refractivity contribution is 7.19. The standard InChI is InChI=1S/C19H20N2O2S/c1-3-23-19(22)21-17-9-8-15(10-13(17)2)20-12-16-11-14-6-4-5-7-18(14)24-16/h4-11,20H,3,12H2,1-2H3,(H,21,22). The molecular weight excluding hydrogens is 320 g/mol. The van der Waals surface area contributed by atoms with E-state index in [1.165, 1.54) is 15.0 Å². The number of amides is 1. The predicted molar refractivity (Wildman–Crippen MR) is 101 cm³/mol. The molecule has 0 unspecified atom stereocenters. The fourth-order valence-corrected chi connectivity index (χ4v) is 3.51. The molecule has 1 aromatic heterocycles. The first-order chi connectivity index (χ1) is 11.7. The van der Waals surface area contributed by atoms with Crippen LogP contribution in [0.5, 0.6) is 0 Å². The first-order valence-corrected chi connectivity index (χ1v) is 8.73. The summed E-state index contributed by atoms with van der Waals surface area (Å²) in [6, 6.07) is 16.5. The number of aryl methyl sites for hydroxylation is 1. The van der Waals surface area contributed by atoms with Gasteiger partial charge >= 0.3 is 6.09 Å². The van der Waals surface area contributed by atoms with Crippen LogP contribution in [0.2, 0.25) is 0 Å². The molecule has 0 atom stereocenters. The largest absolute Gasteiger partial charge is 0.450 e. The summed E-state index contributed by atoms with van der Waals surface area (Å²) in [5.74, 6) is 0. The minimum atomic E-state index is -0.424. The summed E-state index contributed by atoms with van der Waals surface area (Å²) in [6.45, 7) is 4.89. The van der Waals surface area contributed by atoms with E-state index in [9.17, 15) is 4.79 Å². The second kappa shape index (κ2) is 7.36. The second-order valence-corrected chi connectivity index (χ2v) is 6.65. The third-order valence-corrected chi connectivity index (χ3v) is 4.80. The van der Waals surface area contributed by atoms with Crippen LogP contribution in [0.25, 0.3) is 10.1 Å². The molecule has 0 aliphatic heterocycles. The Morgan fingerprint density at radius 3 is 2.75 bits per heavy atom. The number of nitrogens with one attached hydrogen (secondary N) is 2. The predicted octanol–water partition coefficient (Wildman–Crippen LogP) is 5.39. The zero-order valence-corrected chi connectivity index (χ0v) is 14.6. The number of anilines is 2. The van der Waals surface area contributed by atoms with Gasteiger partial charge in [0.25, 0.3) is 0 Å². The van der Waals surface area contributed by atoms with Crippen molar-refractivity contribution in [3.8, 4) is 0 Å². The molecule has 0 aliphatic rings. The molecule has 1 heterocycles. The van der Waals surface area contributed by atoms with E-state index >= 15 is 0 Å². The van der Waals surface area contributed by atoms with Gasteiger partial charge in [0.15, 0.2) is 0 Å². The van der Waals surface area contributed by atoms with Gasteiger partial charge in [0.2, 0.25) is 0 Å². The van der Waals surface area contributed by atoms with Crippen molar-refractivity contribution >= 4 is 38.9 Å². The zero-order valence-electron chi connectivity index (χ0n) is 13.8. The molecule has 1 amide bonds. The molecule has 5 heteroatoms. The lowest BCUT2D eigenvalue weighted by atomic mass is 10.1. The number of hydrogen-bond acceptors (Lipinski definition) is 4. The second-order valence-electron chi connectivity index (χ2n) is 5.48. The Morgan fingerprint density at radius 1 is 1.17 bits per heavy atom. The van der Waals surface area contributed by atoms with Gasteiger partial charge in [-0.25, -0.2) is 4.79 Å². The average molecular weight is 340 g/mol. The Labute approximate surface area is 145 Å². The van der Waals surface area contributed by atoms with Gasteiger partial charge in [0.1, 0.15) is 0 Å². The van der Waals surface area contributed by atoms with Crippen LogP contribution in [0.15, 0.2) is 48.5 Å². The van der Waals surface area contributed by atoms with E-state index in [0.717, 1.165) is 23.5 Å². The molecule has 0 saturated heterocycles. The third-order valence-electron chi connectivity index (χ3n) is 3.68. The van der Waals surface area contributed by atoms with Gasteiger partial charge in [0, 0.05) is 27.5 Å². The molecular formula is C19H20N2O2S. The maximum atomic E-state index is 11.5. The highest BCUT2D eigenvalue weighted by Crippen LogP contribution is 2.26. The van der Waals surface area contributed by atoms with Crippen LogP contribution in [0.3, 0.4) is 0 Å². The fraction of sp³-hybridized carbons (Fsp3) is 0.211. The van der Waals surface area contributed by atoms with E-state index in [1.807, 2.05) is 25.1 Å². The Morgan fingerprint density at radius 2 is 2.00 bits per heavy atom. The van der Waals surface area contributed by atoms with Crippen LogP contribution >= 0.6 is 11.3 Å². The van der Waals surface area contributed by atoms with Gasteiger partial charge < -0.3 is 10.1 Å². The van der Waals surface area contributed by atoms with Crippen molar-refractivity contribution in [3.05, 3.63) is 59.0 Å². The Balaban J connectivity index is 1.65. The molecule has 0 radical (unpaired) electrons. The molecule has 0 fully saturated rings. The first kappa shape index (κ1) is 16.3. The molecule has 124 valence electrons. The molecule has 0 aliphatic carbocycles. The minimum Gasteiger partial charge on any atom is -0.450 e. The molecule has 0 spiro atoms. The minimum absolute atomic E-state index is 0.361. The van der Waals surface area contributed by atoms with Crippen molar-refractivity contribution in [1.29, 1.82) is 0 Å². The van der Waals surface area contributed by atoms with Crippen LogP contribution in [0.1, 0.15) is 17.4 Å². The summed E-state index contributed by atoms with van der Waals surface area (Å²) < 4.78 is 6.21. The summed E-state index contributed by atoms with van der Waals surface area (Å²) in [7, 11) is 0. The lowest BCUT2D eigenvalue weighted by Gasteiger charge is -2.11. The number of hydrogen-bond donors (Lipinski definition) is 2. The molecule has 2 aromatic carbocycles. The topological polar surface area (TPSA) is 50.4 Å². The van der Waals surface area contributed by atoms with Crippen LogP contribution in [0.4, 0.5) is 16.2 Å². The monoisotopic (exact) mass is 340 g/mol. The highest BCUT2D eigenvalue weighted by Gasteiger charge is 2.06. The van der Waals surface area contributed by atoms with Crippen LogP contribution in [-0.4, -0.2) is 12.7 Å². The number of carbonyl (C=O) groups excluding carboxylic acids is 1. The molecule has 3 rings (SSSR count). The molecule has 0 bridgehead atoms. The Kier molecular flexibility index (Phi) is 5.01. The van der Waals surface area contributed by atoms with Gasteiger partial charge in [-0.1, -0.05) is 18.2 Å². The zero-order chi connectivity index (χ0) is 16.9. The van der Waals surface area contributed by atoms with Gasteiger partial charge in [0.05, 0.1) is 6.61 Å². The molecule has 3 aromatic rings. The maximum Gasteiger partial charge on any atom is 0.411 e. The average Bonchev–Trinajstić information content (AvgIpc) is 2.98. The lowest BCUT2D eigenvalue weighted by Crippen LogP contribution is -2.14. The SMILES string of the molecule is CCOC(=O)Nc1ccc(NCc2cc3ccccc3s2)cc1C. The quantitative estimate of drug-likeness (QED) is 0.654. The van der Waals surface area contributed by atoms with Gasteiger partial charge in [-0.05, 0) is 55.1 Å². The summed E-state index contributed by atoms with van der Waals surface area (Å²) in [6.07, 6.45) is -0.424. The van der Waals surface area contributed by atoms with E-state index in [1.54, 1.807) is 18.3 Å². The van der Waals surface area contributed by atoms with Crippen molar-refractivity contribution in [3.63, 3.8) is 0 Å². The number of benzene rings is 2. The van der Waals surface area contributed by atoms with Crippen LogP contribution in [0, 0.1) is 6.92 Å². The summed E-state index contributed by atoms with van der Waals surface area (Å²) >= 11 is 1.80. The summed E-state index contributed by atoms with van der Waals surface area (Å²) in [5, 5.41) is 7.46. The van der Waals surface area contributed by atoms with E-state index in [2.05, 4.69) is 41.0 Å².